The number of ether oxygens (including phenoxy) is 1. The highest BCUT2D eigenvalue weighted by molar-refractivity contribution is 5.70. The van der Waals surface area contributed by atoms with Crippen LogP contribution in [0.25, 0.3) is 0 Å². The molecule has 3 nitrogen and oxygen atoms in total. The van der Waals surface area contributed by atoms with Crippen molar-refractivity contribution in [2.75, 3.05) is 36.5 Å². The Hall–Kier alpha value is -2.00. The number of morpholine rings is 1. The van der Waals surface area contributed by atoms with Gasteiger partial charge in [-0.2, -0.15) is 0 Å². The van der Waals surface area contributed by atoms with E-state index in [0.29, 0.717) is 0 Å². The molecule has 2 aromatic carbocycles. The lowest BCUT2D eigenvalue weighted by Gasteiger charge is -2.30. The van der Waals surface area contributed by atoms with Gasteiger partial charge in [0, 0.05) is 19.6 Å². The lowest BCUT2D eigenvalue weighted by Crippen LogP contribution is -2.36. The fraction of sp³-hybridized carbons (Fsp3) is 0.333. The van der Waals surface area contributed by atoms with Gasteiger partial charge >= 0.3 is 0 Å². The molecule has 0 unspecified atom stereocenters. The van der Waals surface area contributed by atoms with Crippen molar-refractivity contribution in [2.24, 2.45) is 0 Å². The summed E-state index contributed by atoms with van der Waals surface area (Å²) >= 11 is 0. The number of hydrogen-bond acceptors (Lipinski definition) is 3. The number of aryl methyl sites for hydroxylation is 1. The summed E-state index contributed by atoms with van der Waals surface area (Å²) in [6.07, 6.45) is 0. The van der Waals surface area contributed by atoms with Gasteiger partial charge in [0.15, 0.2) is 0 Å². The number of para-hydroxylation sites is 2. The molecule has 0 aliphatic carbocycles. The van der Waals surface area contributed by atoms with Crippen LogP contribution < -0.4 is 10.2 Å². The predicted molar refractivity (Wildman–Crippen MR) is 88.0 cm³/mol. The van der Waals surface area contributed by atoms with Crippen LogP contribution in [0.1, 0.15) is 11.1 Å². The number of nitrogens with one attached hydrogen (secondary N) is 1. The van der Waals surface area contributed by atoms with Crippen molar-refractivity contribution in [1.29, 1.82) is 0 Å². The van der Waals surface area contributed by atoms with E-state index in [1.807, 2.05) is 0 Å². The Morgan fingerprint density at radius 1 is 1.00 bits per heavy atom. The van der Waals surface area contributed by atoms with E-state index < -0.39 is 0 Å². The van der Waals surface area contributed by atoms with E-state index in [0.717, 1.165) is 32.8 Å². The fourth-order valence-corrected chi connectivity index (χ4v) is 2.70. The van der Waals surface area contributed by atoms with Gasteiger partial charge < -0.3 is 15.0 Å². The smallest absolute Gasteiger partial charge is 0.0642 e. The standard InChI is InChI=1S/C18H22N2O/c1-15-6-2-3-7-16(15)14-19-17-8-4-5-9-18(17)20-10-12-21-13-11-20/h2-9,19H,10-14H2,1H3. The Balaban J connectivity index is 1.74. The van der Waals surface area contributed by atoms with Gasteiger partial charge in [-0.1, -0.05) is 36.4 Å². The molecule has 0 saturated carbocycles. The average molecular weight is 282 g/mol. The highest BCUT2D eigenvalue weighted by Crippen LogP contribution is 2.27. The Labute approximate surface area is 126 Å². The van der Waals surface area contributed by atoms with Crippen LogP contribution in [-0.4, -0.2) is 26.3 Å². The first kappa shape index (κ1) is 14.0. The zero-order valence-electron chi connectivity index (χ0n) is 12.5. The molecule has 1 saturated heterocycles. The Kier molecular flexibility index (Phi) is 4.41. The van der Waals surface area contributed by atoms with Crippen molar-refractivity contribution in [3.8, 4) is 0 Å². The number of benzene rings is 2. The van der Waals surface area contributed by atoms with Crippen molar-refractivity contribution < 1.29 is 4.74 Å². The SMILES string of the molecule is Cc1ccccc1CNc1ccccc1N1CCOCC1. The van der Waals surface area contributed by atoms with E-state index in [4.69, 9.17) is 4.74 Å². The molecule has 0 bridgehead atoms. The minimum Gasteiger partial charge on any atom is -0.379 e. The molecule has 1 aliphatic heterocycles. The van der Waals surface area contributed by atoms with Crippen LogP contribution in [0, 0.1) is 6.92 Å². The zero-order valence-corrected chi connectivity index (χ0v) is 12.5. The highest BCUT2D eigenvalue weighted by atomic mass is 16.5. The monoisotopic (exact) mass is 282 g/mol. The lowest BCUT2D eigenvalue weighted by atomic mass is 10.1. The van der Waals surface area contributed by atoms with E-state index >= 15 is 0 Å². The van der Waals surface area contributed by atoms with Gasteiger partial charge in [0.1, 0.15) is 0 Å². The summed E-state index contributed by atoms with van der Waals surface area (Å²) in [7, 11) is 0. The minimum absolute atomic E-state index is 0.812. The molecule has 3 rings (SSSR count). The summed E-state index contributed by atoms with van der Waals surface area (Å²) in [5.41, 5.74) is 5.14. The van der Waals surface area contributed by atoms with E-state index in [1.165, 1.54) is 22.5 Å². The highest BCUT2D eigenvalue weighted by Gasteiger charge is 2.14. The molecular formula is C18H22N2O. The molecule has 21 heavy (non-hydrogen) atoms. The van der Waals surface area contributed by atoms with Crippen LogP contribution in [-0.2, 0) is 11.3 Å². The van der Waals surface area contributed by atoms with E-state index in [2.05, 4.69) is 65.7 Å². The van der Waals surface area contributed by atoms with Crippen LogP contribution in [0.3, 0.4) is 0 Å². The molecule has 0 amide bonds. The molecule has 0 spiro atoms. The lowest BCUT2D eigenvalue weighted by molar-refractivity contribution is 0.123. The molecule has 1 N–H and O–H groups in total. The summed E-state index contributed by atoms with van der Waals surface area (Å²) in [6, 6.07) is 17.0. The Morgan fingerprint density at radius 3 is 2.52 bits per heavy atom. The second-order valence-electron chi connectivity index (χ2n) is 5.40. The molecule has 3 heteroatoms. The normalized spacial score (nSPS) is 15.0. The molecule has 110 valence electrons. The third kappa shape index (κ3) is 3.37. The summed E-state index contributed by atoms with van der Waals surface area (Å²) in [4.78, 5) is 2.39. The Bertz CT molecular complexity index is 591. The topological polar surface area (TPSA) is 24.5 Å². The first-order valence-corrected chi connectivity index (χ1v) is 7.55. The minimum atomic E-state index is 0.812. The molecule has 0 radical (unpaired) electrons. The molecule has 2 aromatic rings. The number of nitrogens with zero attached hydrogens (tertiary/aromatic N) is 1. The first-order valence-electron chi connectivity index (χ1n) is 7.55. The van der Waals surface area contributed by atoms with E-state index in [-0.39, 0.29) is 0 Å². The number of rotatable bonds is 4. The van der Waals surface area contributed by atoms with Crippen molar-refractivity contribution in [3.63, 3.8) is 0 Å². The molecular weight excluding hydrogens is 260 g/mol. The van der Waals surface area contributed by atoms with Gasteiger partial charge in [0.05, 0.1) is 24.6 Å². The first-order chi connectivity index (χ1) is 10.3. The van der Waals surface area contributed by atoms with Gasteiger partial charge in [-0.15, -0.1) is 0 Å². The quantitative estimate of drug-likeness (QED) is 0.929. The average Bonchev–Trinajstić information content (AvgIpc) is 2.55. The maximum absolute atomic E-state index is 5.44. The number of anilines is 2. The second kappa shape index (κ2) is 6.64. The van der Waals surface area contributed by atoms with Gasteiger partial charge in [0.25, 0.3) is 0 Å². The van der Waals surface area contributed by atoms with Crippen molar-refractivity contribution in [3.05, 3.63) is 59.7 Å². The molecule has 0 aromatic heterocycles. The van der Waals surface area contributed by atoms with E-state index in [9.17, 15) is 0 Å². The summed E-state index contributed by atoms with van der Waals surface area (Å²) < 4.78 is 5.44. The van der Waals surface area contributed by atoms with Gasteiger partial charge in [-0.05, 0) is 30.2 Å². The van der Waals surface area contributed by atoms with Crippen molar-refractivity contribution in [2.45, 2.75) is 13.5 Å². The molecule has 0 atom stereocenters. The molecule has 1 heterocycles. The van der Waals surface area contributed by atoms with Crippen molar-refractivity contribution in [1.82, 2.24) is 0 Å². The maximum Gasteiger partial charge on any atom is 0.0642 e. The molecule has 1 fully saturated rings. The van der Waals surface area contributed by atoms with Gasteiger partial charge in [0.2, 0.25) is 0 Å². The molecule has 1 aliphatic rings. The fourth-order valence-electron chi connectivity index (χ4n) is 2.70. The third-order valence-corrected chi connectivity index (χ3v) is 3.99. The summed E-state index contributed by atoms with van der Waals surface area (Å²) in [5.74, 6) is 0. The van der Waals surface area contributed by atoms with Crippen LogP contribution >= 0.6 is 0 Å². The predicted octanol–water partition coefficient (Wildman–Crippen LogP) is 3.44. The van der Waals surface area contributed by atoms with Gasteiger partial charge in [-0.3, -0.25) is 0 Å². The van der Waals surface area contributed by atoms with Crippen LogP contribution in [0.2, 0.25) is 0 Å². The third-order valence-electron chi connectivity index (χ3n) is 3.99. The van der Waals surface area contributed by atoms with Crippen LogP contribution in [0.5, 0.6) is 0 Å². The summed E-state index contributed by atoms with van der Waals surface area (Å²) in [6.45, 7) is 6.56. The maximum atomic E-state index is 5.44. The van der Waals surface area contributed by atoms with Gasteiger partial charge in [-0.25, -0.2) is 0 Å². The second-order valence-corrected chi connectivity index (χ2v) is 5.40. The van der Waals surface area contributed by atoms with Crippen LogP contribution in [0.4, 0.5) is 11.4 Å². The largest absolute Gasteiger partial charge is 0.379 e. The Morgan fingerprint density at radius 2 is 1.71 bits per heavy atom. The zero-order chi connectivity index (χ0) is 14.5. The van der Waals surface area contributed by atoms with Crippen molar-refractivity contribution >= 4 is 11.4 Å². The van der Waals surface area contributed by atoms with Crippen LogP contribution in [0.15, 0.2) is 48.5 Å². The summed E-state index contributed by atoms with van der Waals surface area (Å²) in [5, 5.41) is 3.59. The number of hydrogen-bond donors (Lipinski definition) is 1. The van der Waals surface area contributed by atoms with E-state index in [1.54, 1.807) is 0 Å².